The molecule has 19 heavy (non-hydrogen) atoms. The highest BCUT2D eigenvalue weighted by molar-refractivity contribution is 7.11. The van der Waals surface area contributed by atoms with Gasteiger partial charge in [-0.05, 0) is 42.9 Å². The first-order valence-corrected chi connectivity index (χ1v) is 7.43. The van der Waals surface area contributed by atoms with Crippen molar-refractivity contribution in [3.63, 3.8) is 0 Å². The minimum Gasteiger partial charge on any atom is -0.497 e. The Morgan fingerprint density at radius 3 is 2.84 bits per heavy atom. The van der Waals surface area contributed by atoms with Crippen molar-refractivity contribution in [1.29, 1.82) is 0 Å². The van der Waals surface area contributed by atoms with Gasteiger partial charge >= 0.3 is 0 Å². The number of thiazole rings is 1. The molecule has 1 unspecified atom stereocenters. The van der Waals surface area contributed by atoms with Crippen LogP contribution in [0.4, 0.5) is 0 Å². The van der Waals surface area contributed by atoms with E-state index in [0.717, 1.165) is 23.6 Å². The average molecular weight is 274 g/mol. The summed E-state index contributed by atoms with van der Waals surface area (Å²) in [6.07, 6.45) is 3.34. The summed E-state index contributed by atoms with van der Waals surface area (Å²) in [4.78, 5) is 6.02. The zero-order valence-corrected chi connectivity index (χ0v) is 11.9. The summed E-state index contributed by atoms with van der Waals surface area (Å²) in [6.45, 7) is 0.560. The van der Waals surface area contributed by atoms with Gasteiger partial charge in [0.1, 0.15) is 10.8 Å². The van der Waals surface area contributed by atoms with Crippen LogP contribution in [0.2, 0.25) is 0 Å². The molecule has 0 radical (unpaired) electrons. The van der Waals surface area contributed by atoms with Crippen LogP contribution < -0.4 is 10.5 Å². The van der Waals surface area contributed by atoms with E-state index in [4.69, 9.17) is 10.5 Å². The van der Waals surface area contributed by atoms with E-state index in [1.807, 2.05) is 12.1 Å². The minimum atomic E-state index is 0.560. The highest BCUT2D eigenvalue weighted by Crippen LogP contribution is 2.35. The van der Waals surface area contributed by atoms with E-state index in [0.29, 0.717) is 12.5 Å². The van der Waals surface area contributed by atoms with Crippen LogP contribution in [0.15, 0.2) is 24.3 Å². The van der Waals surface area contributed by atoms with Gasteiger partial charge in [0, 0.05) is 11.4 Å². The lowest BCUT2D eigenvalue weighted by Gasteiger charge is -2.21. The molecule has 3 rings (SSSR count). The number of ether oxygens (including phenoxy) is 1. The first-order valence-electron chi connectivity index (χ1n) is 6.61. The van der Waals surface area contributed by atoms with Gasteiger partial charge in [0.15, 0.2) is 0 Å². The van der Waals surface area contributed by atoms with Gasteiger partial charge in [0.2, 0.25) is 0 Å². The fraction of sp³-hybridized carbons (Fsp3) is 0.400. The van der Waals surface area contributed by atoms with Crippen LogP contribution in [0.5, 0.6) is 5.75 Å². The van der Waals surface area contributed by atoms with Crippen LogP contribution in [-0.4, -0.2) is 12.1 Å². The monoisotopic (exact) mass is 274 g/mol. The molecular formula is C15H18N2OS. The van der Waals surface area contributed by atoms with Crippen molar-refractivity contribution in [2.24, 2.45) is 5.73 Å². The Labute approximate surface area is 117 Å². The van der Waals surface area contributed by atoms with Gasteiger partial charge in [-0.3, -0.25) is 0 Å². The Morgan fingerprint density at radius 2 is 2.16 bits per heavy atom. The molecule has 0 spiro atoms. The summed E-state index contributed by atoms with van der Waals surface area (Å²) < 4.78 is 5.21. The number of aromatic nitrogens is 1. The van der Waals surface area contributed by atoms with E-state index in [1.54, 1.807) is 18.4 Å². The molecule has 1 aliphatic carbocycles. The summed E-state index contributed by atoms with van der Waals surface area (Å²) in [5, 5.41) is 1.07. The number of hydrogen-bond acceptors (Lipinski definition) is 4. The van der Waals surface area contributed by atoms with Gasteiger partial charge in [-0.1, -0.05) is 12.1 Å². The lowest BCUT2D eigenvalue weighted by molar-refractivity contribution is 0.414. The first kappa shape index (κ1) is 12.6. The fourth-order valence-electron chi connectivity index (χ4n) is 2.68. The third-order valence-electron chi connectivity index (χ3n) is 3.75. The highest BCUT2D eigenvalue weighted by atomic mass is 32.1. The molecule has 1 heterocycles. The van der Waals surface area contributed by atoms with Crippen molar-refractivity contribution in [2.75, 3.05) is 7.11 Å². The van der Waals surface area contributed by atoms with Crippen LogP contribution in [-0.2, 0) is 19.4 Å². The number of methoxy groups -OCH3 is 1. The van der Waals surface area contributed by atoms with Gasteiger partial charge in [0.05, 0.1) is 12.8 Å². The Hall–Kier alpha value is -1.39. The van der Waals surface area contributed by atoms with Gasteiger partial charge in [-0.25, -0.2) is 4.98 Å². The van der Waals surface area contributed by atoms with Gasteiger partial charge < -0.3 is 10.5 Å². The Bertz CT molecular complexity index is 562. The molecule has 100 valence electrons. The maximum atomic E-state index is 5.67. The van der Waals surface area contributed by atoms with Crippen molar-refractivity contribution < 1.29 is 4.74 Å². The van der Waals surface area contributed by atoms with Crippen LogP contribution in [0.3, 0.4) is 0 Å². The first-order chi connectivity index (χ1) is 9.30. The Kier molecular flexibility index (Phi) is 3.53. The third-order valence-corrected chi connectivity index (χ3v) is 4.89. The van der Waals surface area contributed by atoms with Crippen molar-refractivity contribution in [3.8, 4) is 5.75 Å². The van der Waals surface area contributed by atoms with Gasteiger partial charge in [-0.2, -0.15) is 0 Å². The molecule has 4 heteroatoms. The largest absolute Gasteiger partial charge is 0.497 e. The summed E-state index contributed by atoms with van der Waals surface area (Å²) in [5.74, 6) is 1.52. The molecule has 1 aromatic carbocycles. The molecule has 0 amide bonds. The second kappa shape index (κ2) is 5.31. The summed E-state index contributed by atoms with van der Waals surface area (Å²) in [5.41, 5.74) is 8.34. The average Bonchev–Trinajstić information content (AvgIpc) is 2.89. The van der Waals surface area contributed by atoms with E-state index in [-0.39, 0.29) is 0 Å². The second-order valence-electron chi connectivity index (χ2n) is 4.89. The van der Waals surface area contributed by atoms with Crippen molar-refractivity contribution in [1.82, 2.24) is 4.98 Å². The molecule has 1 atom stereocenters. The van der Waals surface area contributed by atoms with Gasteiger partial charge in [-0.15, -0.1) is 11.3 Å². The predicted molar refractivity (Wildman–Crippen MR) is 77.8 cm³/mol. The molecule has 0 bridgehead atoms. The van der Waals surface area contributed by atoms with Crippen LogP contribution in [0.25, 0.3) is 0 Å². The molecule has 1 aromatic heterocycles. The molecule has 0 fully saturated rings. The molecule has 2 N–H and O–H groups in total. The SMILES string of the molecule is COc1ccc(C2CCc3nc(CN)sc3C2)cc1. The summed E-state index contributed by atoms with van der Waals surface area (Å²) >= 11 is 1.78. The second-order valence-corrected chi connectivity index (χ2v) is 6.06. The molecule has 0 saturated heterocycles. The lowest BCUT2D eigenvalue weighted by Crippen LogP contribution is -2.11. The summed E-state index contributed by atoms with van der Waals surface area (Å²) in [6, 6.07) is 8.45. The highest BCUT2D eigenvalue weighted by Gasteiger charge is 2.23. The number of nitrogens with two attached hydrogens (primary N) is 1. The number of aryl methyl sites for hydroxylation is 1. The summed E-state index contributed by atoms with van der Waals surface area (Å²) in [7, 11) is 1.70. The molecular weight excluding hydrogens is 256 g/mol. The number of hydrogen-bond donors (Lipinski definition) is 1. The van der Waals surface area contributed by atoms with E-state index in [9.17, 15) is 0 Å². The van der Waals surface area contributed by atoms with E-state index in [1.165, 1.54) is 22.6 Å². The predicted octanol–water partition coefficient (Wildman–Crippen LogP) is 2.88. The fourth-order valence-corrected chi connectivity index (χ4v) is 3.75. The van der Waals surface area contributed by atoms with Crippen molar-refractivity contribution >= 4 is 11.3 Å². The minimum absolute atomic E-state index is 0.560. The third kappa shape index (κ3) is 2.51. The Balaban J connectivity index is 1.80. The molecule has 2 aromatic rings. The van der Waals surface area contributed by atoms with E-state index >= 15 is 0 Å². The molecule has 0 saturated carbocycles. The molecule has 3 nitrogen and oxygen atoms in total. The number of nitrogens with zero attached hydrogens (tertiary/aromatic N) is 1. The normalized spacial score (nSPS) is 18.1. The maximum Gasteiger partial charge on any atom is 0.118 e. The standard InChI is InChI=1S/C15H18N2OS/c1-18-12-5-2-10(3-6-12)11-4-7-13-14(8-11)19-15(9-16)17-13/h2-3,5-6,11H,4,7-9,16H2,1H3. The quantitative estimate of drug-likeness (QED) is 0.936. The van der Waals surface area contributed by atoms with Crippen LogP contribution in [0.1, 0.15) is 33.5 Å². The van der Waals surface area contributed by atoms with Crippen molar-refractivity contribution in [2.45, 2.75) is 31.7 Å². The number of fused-ring (bicyclic) bond motifs is 1. The maximum absolute atomic E-state index is 5.67. The van der Waals surface area contributed by atoms with Crippen molar-refractivity contribution in [3.05, 3.63) is 45.4 Å². The zero-order valence-electron chi connectivity index (χ0n) is 11.1. The molecule has 1 aliphatic rings. The lowest BCUT2D eigenvalue weighted by atomic mass is 9.85. The number of rotatable bonds is 3. The smallest absolute Gasteiger partial charge is 0.118 e. The molecule has 0 aliphatic heterocycles. The van der Waals surface area contributed by atoms with E-state index in [2.05, 4.69) is 17.1 Å². The number of benzene rings is 1. The van der Waals surface area contributed by atoms with Crippen LogP contribution in [0, 0.1) is 0 Å². The van der Waals surface area contributed by atoms with Gasteiger partial charge in [0.25, 0.3) is 0 Å². The zero-order chi connectivity index (χ0) is 13.2. The Morgan fingerprint density at radius 1 is 1.37 bits per heavy atom. The topological polar surface area (TPSA) is 48.1 Å². The van der Waals surface area contributed by atoms with Crippen LogP contribution >= 0.6 is 11.3 Å². The van der Waals surface area contributed by atoms with E-state index < -0.39 is 0 Å².